The van der Waals surface area contributed by atoms with E-state index in [1.54, 1.807) is 0 Å². The second-order valence-corrected chi connectivity index (χ2v) is 9.96. The van der Waals surface area contributed by atoms with E-state index in [0.717, 1.165) is 19.3 Å². The quantitative estimate of drug-likeness (QED) is 0.825. The minimum absolute atomic E-state index is 0.0485. The van der Waals surface area contributed by atoms with E-state index in [1.165, 1.54) is 19.3 Å². The first-order chi connectivity index (χ1) is 8.67. The summed E-state index contributed by atoms with van der Waals surface area (Å²) in [5, 5.41) is 0. The van der Waals surface area contributed by atoms with Crippen LogP contribution in [0.4, 0.5) is 0 Å². The molecule has 4 saturated carbocycles. The molecule has 0 amide bonds. The number of hydrogen-bond acceptors (Lipinski definition) is 3. The maximum Gasteiger partial charge on any atom is 0.213 e. The van der Waals surface area contributed by atoms with Crippen LogP contribution in [-0.4, -0.2) is 26.3 Å². The Bertz CT molecular complexity index is 470. The Morgan fingerprint density at radius 3 is 2.16 bits per heavy atom. The summed E-state index contributed by atoms with van der Waals surface area (Å²) in [5.41, 5.74) is 5.90. The Balaban J connectivity index is 1.89. The molecule has 4 bridgehead atoms. The van der Waals surface area contributed by atoms with Gasteiger partial charge >= 0.3 is 0 Å². The normalized spacial score (nSPS) is 48.7. The zero-order valence-corrected chi connectivity index (χ0v) is 12.9. The monoisotopic (exact) mass is 286 g/mol. The Kier molecular flexibility index (Phi) is 2.88. The molecule has 0 spiro atoms. The summed E-state index contributed by atoms with van der Waals surface area (Å²) in [6.07, 6.45) is 6.87. The molecule has 0 aromatic rings. The Morgan fingerprint density at radius 1 is 1.11 bits per heavy atom. The highest BCUT2D eigenvalue weighted by Gasteiger charge is 2.60. The summed E-state index contributed by atoms with van der Waals surface area (Å²) < 4.78 is 27.3. The molecule has 2 unspecified atom stereocenters. The minimum atomic E-state index is -3.22. The van der Waals surface area contributed by atoms with Crippen molar-refractivity contribution >= 4 is 10.0 Å². The molecule has 4 fully saturated rings. The van der Waals surface area contributed by atoms with Crippen LogP contribution < -0.4 is 10.5 Å². The van der Waals surface area contributed by atoms with Gasteiger partial charge in [-0.05, 0) is 55.3 Å². The summed E-state index contributed by atoms with van der Waals surface area (Å²) in [6, 6.07) is 0. The first kappa shape index (κ1) is 13.8. The zero-order chi connectivity index (χ0) is 13.9. The lowest BCUT2D eigenvalue weighted by molar-refractivity contribution is -0.110. The van der Waals surface area contributed by atoms with E-state index >= 15 is 0 Å². The van der Waals surface area contributed by atoms with Crippen molar-refractivity contribution in [3.05, 3.63) is 0 Å². The molecule has 0 saturated heterocycles. The average molecular weight is 286 g/mol. The third-order valence-electron chi connectivity index (χ3n) is 5.38. The van der Waals surface area contributed by atoms with Gasteiger partial charge in [0.2, 0.25) is 10.0 Å². The van der Waals surface area contributed by atoms with Crippen LogP contribution >= 0.6 is 0 Å². The second-order valence-electron chi connectivity index (χ2n) is 8.12. The highest BCUT2D eigenvalue weighted by molar-refractivity contribution is 7.89. The molecule has 19 heavy (non-hydrogen) atoms. The molecule has 0 radical (unpaired) electrons. The lowest BCUT2D eigenvalue weighted by atomic mass is 9.43. The van der Waals surface area contributed by atoms with Gasteiger partial charge in [0, 0.05) is 12.1 Å². The van der Waals surface area contributed by atoms with Gasteiger partial charge < -0.3 is 5.73 Å². The largest absolute Gasteiger partial charge is 0.329 e. The smallest absolute Gasteiger partial charge is 0.213 e. The van der Waals surface area contributed by atoms with Crippen LogP contribution in [0.3, 0.4) is 0 Å². The fraction of sp³-hybridized carbons (Fsp3) is 1.00. The van der Waals surface area contributed by atoms with Crippen molar-refractivity contribution in [2.45, 2.75) is 57.9 Å². The lowest BCUT2D eigenvalue weighted by Crippen LogP contribution is -2.65. The van der Waals surface area contributed by atoms with Gasteiger partial charge in [-0.15, -0.1) is 0 Å². The molecule has 4 rings (SSSR count). The molecule has 5 heteroatoms. The maximum atomic E-state index is 12.1. The van der Waals surface area contributed by atoms with Crippen LogP contribution in [0.2, 0.25) is 0 Å². The molecule has 3 N–H and O–H groups in total. The molecular formula is C14H26N2O2S. The fourth-order valence-corrected chi connectivity index (χ4v) is 7.40. The van der Waals surface area contributed by atoms with Crippen LogP contribution in [0.1, 0.15) is 52.4 Å². The number of nitrogens with two attached hydrogens (primary N) is 1. The molecular weight excluding hydrogens is 260 g/mol. The fourth-order valence-electron chi connectivity index (χ4n) is 6.10. The zero-order valence-electron chi connectivity index (χ0n) is 12.0. The SMILES string of the molecule is CC12CC3CC(C)(C1)CC(NS(=O)(=O)CCN)(C3)C2. The minimum Gasteiger partial charge on any atom is -0.329 e. The van der Waals surface area contributed by atoms with Crippen molar-refractivity contribution in [3.63, 3.8) is 0 Å². The van der Waals surface area contributed by atoms with Crippen molar-refractivity contribution in [3.8, 4) is 0 Å². The van der Waals surface area contributed by atoms with Gasteiger partial charge in [0.05, 0.1) is 5.75 Å². The molecule has 4 aliphatic rings. The maximum absolute atomic E-state index is 12.1. The van der Waals surface area contributed by atoms with E-state index in [9.17, 15) is 8.42 Å². The molecule has 0 aromatic carbocycles. The number of hydrogen-bond donors (Lipinski definition) is 2. The molecule has 4 aliphatic carbocycles. The van der Waals surface area contributed by atoms with Gasteiger partial charge in [-0.25, -0.2) is 13.1 Å². The van der Waals surface area contributed by atoms with E-state index in [1.807, 2.05) is 0 Å². The van der Waals surface area contributed by atoms with E-state index in [2.05, 4.69) is 18.6 Å². The van der Waals surface area contributed by atoms with Crippen molar-refractivity contribution in [1.29, 1.82) is 0 Å². The highest BCUT2D eigenvalue weighted by Crippen LogP contribution is 2.66. The van der Waals surface area contributed by atoms with Crippen molar-refractivity contribution in [2.24, 2.45) is 22.5 Å². The van der Waals surface area contributed by atoms with Gasteiger partial charge in [-0.3, -0.25) is 0 Å². The molecule has 110 valence electrons. The molecule has 0 aromatic heterocycles. The predicted octanol–water partition coefficient (Wildman–Crippen LogP) is 1.61. The average Bonchev–Trinajstić information content (AvgIpc) is 2.07. The van der Waals surface area contributed by atoms with Gasteiger partial charge in [0.15, 0.2) is 0 Å². The van der Waals surface area contributed by atoms with Crippen molar-refractivity contribution < 1.29 is 8.42 Å². The Hall–Kier alpha value is -0.130. The summed E-state index contributed by atoms with van der Waals surface area (Å²) in [4.78, 5) is 0. The van der Waals surface area contributed by atoms with Crippen LogP contribution in [0.5, 0.6) is 0 Å². The van der Waals surface area contributed by atoms with Gasteiger partial charge in [0.25, 0.3) is 0 Å². The lowest BCUT2D eigenvalue weighted by Gasteiger charge is -2.65. The van der Waals surface area contributed by atoms with E-state index in [4.69, 9.17) is 5.73 Å². The van der Waals surface area contributed by atoms with E-state index in [0.29, 0.717) is 16.7 Å². The third kappa shape index (κ3) is 2.45. The first-order valence-corrected chi connectivity index (χ1v) is 9.04. The molecule has 0 heterocycles. The Morgan fingerprint density at radius 2 is 1.68 bits per heavy atom. The van der Waals surface area contributed by atoms with Gasteiger partial charge in [0.1, 0.15) is 0 Å². The van der Waals surface area contributed by atoms with E-state index in [-0.39, 0.29) is 17.8 Å². The van der Waals surface area contributed by atoms with Crippen molar-refractivity contribution in [1.82, 2.24) is 4.72 Å². The van der Waals surface area contributed by atoms with Crippen LogP contribution in [-0.2, 0) is 10.0 Å². The standard InChI is InChI=1S/C14H26N2O2S/c1-12-5-11-6-13(2,8-12)10-14(7-11,9-12)16-19(17,18)4-3-15/h11,16H,3-10,15H2,1-2H3. The second kappa shape index (κ2) is 3.95. The highest BCUT2D eigenvalue weighted by atomic mass is 32.2. The number of nitrogens with one attached hydrogen (secondary N) is 1. The van der Waals surface area contributed by atoms with Gasteiger partial charge in [-0.1, -0.05) is 13.8 Å². The van der Waals surface area contributed by atoms with Crippen molar-refractivity contribution in [2.75, 3.05) is 12.3 Å². The van der Waals surface area contributed by atoms with Crippen LogP contribution in [0, 0.1) is 16.7 Å². The summed E-state index contributed by atoms with van der Waals surface area (Å²) in [7, 11) is -3.22. The molecule has 2 atom stereocenters. The Labute approximate surface area is 116 Å². The summed E-state index contributed by atoms with van der Waals surface area (Å²) in [5.74, 6) is 0.749. The predicted molar refractivity (Wildman–Crippen MR) is 76.1 cm³/mol. The molecule has 4 nitrogen and oxygen atoms in total. The van der Waals surface area contributed by atoms with Crippen LogP contribution in [0.15, 0.2) is 0 Å². The van der Waals surface area contributed by atoms with Crippen LogP contribution in [0.25, 0.3) is 0 Å². The number of sulfonamides is 1. The first-order valence-electron chi connectivity index (χ1n) is 7.39. The van der Waals surface area contributed by atoms with E-state index < -0.39 is 10.0 Å². The number of rotatable bonds is 4. The molecule has 0 aliphatic heterocycles. The third-order valence-corrected chi connectivity index (χ3v) is 6.90. The summed E-state index contributed by atoms with van der Waals surface area (Å²) >= 11 is 0. The topological polar surface area (TPSA) is 72.2 Å². The summed E-state index contributed by atoms with van der Waals surface area (Å²) in [6.45, 7) is 4.90. The van der Waals surface area contributed by atoms with Gasteiger partial charge in [-0.2, -0.15) is 0 Å².